The van der Waals surface area contributed by atoms with Crippen molar-refractivity contribution in [2.45, 2.75) is 0 Å². The lowest BCUT2D eigenvalue weighted by Crippen LogP contribution is -2.29. The second-order valence-electron chi connectivity index (χ2n) is 7.04. The number of aromatic nitrogens is 6. The van der Waals surface area contributed by atoms with Gasteiger partial charge < -0.3 is 14.8 Å². The van der Waals surface area contributed by atoms with Crippen molar-refractivity contribution in [3.63, 3.8) is 0 Å². The zero-order chi connectivity index (χ0) is 22.6. The number of ether oxygens (including phenoxy) is 2. The van der Waals surface area contributed by atoms with Gasteiger partial charge in [-0.3, -0.25) is 9.78 Å². The number of para-hydroxylation sites is 2. The van der Waals surface area contributed by atoms with Gasteiger partial charge in [0.15, 0.2) is 11.5 Å². The molecule has 5 aromatic rings. The van der Waals surface area contributed by atoms with Gasteiger partial charge in [-0.2, -0.15) is 4.52 Å². The zero-order valence-electron chi connectivity index (χ0n) is 17.7. The molecule has 0 aliphatic carbocycles. The van der Waals surface area contributed by atoms with Gasteiger partial charge >= 0.3 is 0 Å². The Bertz CT molecular complexity index is 1430. The first kappa shape index (κ1) is 20.3. The van der Waals surface area contributed by atoms with Crippen molar-refractivity contribution in [1.82, 2.24) is 35.1 Å². The highest BCUT2D eigenvalue weighted by molar-refractivity contribution is 5.93. The van der Waals surface area contributed by atoms with E-state index in [1.807, 2.05) is 48.5 Å². The summed E-state index contributed by atoms with van der Waals surface area (Å²) in [7, 11) is 1.62. The number of nitrogens with zero attached hydrogens (tertiary/aromatic N) is 6. The number of carbonyl (C=O) groups excluding carboxylic acids is 1. The molecule has 0 radical (unpaired) electrons. The molecule has 2 aromatic carbocycles. The predicted molar refractivity (Wildman–Crippen MR) is 120 cm³/mol. The standard InChI is InChI=1S/C23H19N7O3/c1-32-16-8-6-15(7-9-16)22-28-27-20-10-11-21(29-30(20)22)33-13-12-24-23(31)19-14-25-17-4-2-3-5-18(17)26-19/h2-11,14H,12-13H2,1H3,(H,24,31). The molecule has 0 atom stereocenters. The van der Waals surface area contributed by atoms with Crippen molar-refractivity contribution in [1.29, 1.82) is 0 Å². The average Bonchev–Trinajstić information content (AvgIpc) is 3.29. The van der Waals surface area contributed by atoms with Crippen molar-refractivity contribution in [3.05, 3.63) is 72.6 Å². The highest BCUT2D eigenvalue weighted by atomic mass is 16.5. The van der Waals surface area contributed by atoms with Gasteiger partial charge in [-0.05, 0) is 42.5 Å². The van der Waals surface area contributed by atoms with Crippen LogP contribution in [-0.4, -0.2) is 55.9 Å². The number of amides is 1. The number of benzene rings is 2. The van der Waals surface area contributed by atoms with E-state index >= 15 is 0 Å². The molecule has 0 unspecified atom stereocenters. The summed E-state index contributed by atoms with van der Waals surface area (Å²) in [5, 5.41) is 15.6. The Morgan fingerprint density at radius 3 is 2.64 bits per heavy atom. The van der Waals surface area contributed by atoms with E-state index in [9.17, 15) is 4.79 Å². The smallest absolute Gasteiger partial charge is 0.271 e. The van der Waals surface area contributed by atoms with E-state index in [4.69, 9.17) is 9.47 Å². The maximum absolute atomic E-state index is 12.4. The van der Waals surface area contributed by atoms with Crippen LogP contribution in [0.2, 0.25) is 0 Å². The van der Waals surface area contributed by atoms with Gasteiger partial charge in [0.25, 0.3) is 5.91 Å². The van der Waals surface area contributed by atoms with Gasteiger partial charge in [0.2, 0.25) is 5.88 Å². The summed E-state index contributed by atoms with van der Waals surface area (Å²) in [6, 6.07) is 18.3. The number of fused-ring (bicyclic) bond motifs is 2. The zero-order valence-corrected chi connectivity index (χ0v) is 17.7. The number of hydrogen-bond donors (Lipinski definition) is 1. The molecule has 0 aliphatic heterocycles. The highest BCUT2D eigenvalue weighted by Crippen LogP contribution is 2.21. The largest absolute Gasteiger partial charge is 0.497 e. The second-order valence-corrected chi connectivity index (χ2v) is 7.04. The third kappa shape index (κ3) is 4.26. The van der Waals surface area contributed by atoms with Crippen LogP contribution in [0.1, 0.15) is 10.5 Å². The van der Waals surface area contributed by atoms with Crippen LogP contribution in [0.5, 0.6) is 11.6 Å². The Kier molecular flexibility index (Phi) is 5.46. The predicted octanol–water partition coefficient (Wildman–Crippen LogP) is 2.55. The van der Waals surface area contributed by atoms with Crippen LogP contribution >= 0.6 is 0 Å². The third-order valence-corrected chi connectivity index (χ3v) is 4.91. The van der Waals surface area contributed by atoms with Crippen molar-refractivity contribution in [2.75, 3.05) is 20.3 Å². The second kappa shape index (κ2) is 8.87. The molecule has 0 saturated heterocycles. The van der Waals surface area contributed by atoms with E-state index in [1.165, 1.54) is 6.20 Å². The Labute approximate surface area is 188 Å². The normalized spacial score (nSPS) is 10.9. The van der Waals surface area contributed by atoms with Crippen molar-refractivity contribution >= 4 is 22.6 Å². The van der Waals surface area contributed by atoms with E-state index < -0.39 is 0 Å². The molecule has 10 nitrogen and oxygen atoms in total. The first-order valence-electron chi connectivity index (χ1n) is 10.2. The lowest BCUT2D eigenvalue weighted by Gasteiger charge is -2.08. The minimum atomic E-state index is -0.319. The molecule has 3 aromatic heterocycles. The van der Waals surface area contributed by atoms with Gasteiger partial charge in [0.1, 0.15) is 18.1 Å². The molecule has 5 rings (SSSR count). The molecule has 164 valence electrons. The quantitative estimate of drug-likeness (QED) is 0.383. The van der Waals surface area contributed by atoms with Crippen LogP contribution in [0.15, 0.2) is 66.9 Å². The number of rotatable bonds is 7. The van der Waals surface area contributed by atoms with E-state index in [0.717, 1.165) is 16.8 Å². The number of nitrogens with one attached hydrogen (secondary N) is 1. The van der Waals surface area contributed by atoms with Gasteiger partial charge in [0, 0.05) is 11.6 Å². The lowest BCUT2D eigenvalue weighted by atomic mass is 10.2. The summed E-state index contributed by atoms with van der Waals surface area (Å²) in [5.74, 6) is 1.40. The Hall–Kier alpha value is -4.60. The third-order valence-electron chi connectivity index (χ3n) is 4.91. The fourth-order valence-electron chi connectivity index (χ4n) is 3.25. The van der Waals surface area contributed by atoms with Crippen molar-refractivity contribution in [3.8, 4) is 23.0 Å². The molecule has 10 heteroatoms. The van der Waals surface area contributed by atoms with Gasteiger partial charge in [-0.25, -0.2) is 4.98 Å². The van der Waals surface area contributed by atoms with E-state index in [-0.39, 0.29) is 24.8 Å². The molecule has 0 bridgehead atoms. The van der Waals surface area contributed by atoms with E-state index in [0.29, 0.717) is 22.9 Å². The maximum Gasteiger partial charge on any atom is 0.271 e. The SMILES string of the molecule is COc1ccc(-c2nnc3ccc(OCCNC(=O)c4cnc5ccccc5n4)nn23)cc1. The molecule has 1 amide bonds. The molecule has 0 fully saturated rings. The number of carbonyl (C=O) groups is 1. The van der Waals surface area contributed by atoms with Crippen LogP contribution in [0.25, 0.3) is 28.1 Å². The fraction of sp³-hybridized carbons (Fsp3) is 0.130. The van der Waals surface area contributed by atoms with Crippen LogP contribution in [0.3, 0.4) is 0 Å². The lowest BCUT2D eigenvalue weighted by molar-refractivity contribution is 0.0941. The van der Waals surface area contributed by atoms with Crippen LogP contribution < -0.4 is 14.8 Å². The first-order valence-corrected chi connectivity index (χ1v) is 10.2. The monoisotopic (exact) mass is 441 g/mol. The van der Waals surface area contributed by atoms with Crippen LogP contribution in [0.4, 0.5) is 0 Å². The maximum atomic E-state index is 12.4. The average molecular weight is 441 g/mol. The van der Waals surface area contributed by atoms with Crippen LogP contribution in [0, 0.1) is 0 Å². The molecule has 0 spiro atoms. The Morgan fingerprint density at radius 1 is 1.00 bits per heavy atom. The molecular formula is C23H19N7O3. The minimum absolute atomic E-state index is 0.227. The first-order chi connectivity index (χ1) is 16.2. The Morgan fingerprint density at radius 2 is 1.82 bits per heavy atom. The molecule has 3 heterocycles. The van der Waals surface area contributed by atoms with E-state index in [2.05, 4.69) is 30.6 Å². The number of hydrogen-bond acceptors (Lipinski definition) is 8. The summed E-state index contributed by atoms with van der Waals surface area (Å²) in [6.07, 6.45) is 1.46. The van der Waals surface area contributed by atoms with Crippen molar-refractivity contribution < 1.29 is 14.3 Å². The summed E-state index contributed by atoms with van der Waals surface area (Å²) >= 11 is 0. The van der Waals surface area contributed by atoms with Gasteiger partial charge in [0.05, 0.1) is 30.9 Å². The summed E-state index contributed by atoms with van der Waals surface area (Å²) in [5.41, 5.74) is 3.09. The van der Waals surface area contributed by atoms with Gasteiger partial charge in [-0.1, -0.05) is 12.1 Å². The molecule has 1 N–H and O–H groups in total. The van der Waals surface area contributed by atoms with Crippen molar-refractivity contribution in [2.24, 2.45) is 0 Å². The number of methoxy groups -OCH3 is 1. The molecular weight excluding hydrogens is 422 g/mol. The van der Waals surface area contributed by atoms with E-state index in [1.54, 1.807) is 23.8 Å². The van der Waals surface area contributed by atoms with Crippen LogP contribution in [-0.2, 0) is 0 Å². The summed E-state index contributed by atoms with van der Waals surface area (Å²) in [4.78, 5) is 21.0. The fourth-order valence-corrected chi connectivity index (χ4v) is 3.25. The summed E-state index contributed by atoms with van der Waals surface area (Å²) < 4.78 is 12.5. The molecule has 0 saturated carbocycles. The topological polar surface area (TPSA) is 116 Å². The Balaban J connectivity index is 1.22. The molecule has 0 aliphatic rings. The highest BCUT2D eigenvalue weighted by Gasteiger charge is 2.12. The van der Waals surface area contributed by atoms with Gasteiger partial charge in [-0.15, -0.1) is 15.3 Å². The minimum Gasteiger partial charge on any atom is -0.497 e. The summed E-state index contributed by atoms with van der Waals surface area (Å²) in [6.45, 7) is 0.506. The molecule has 33 heavy (non-hydrogen) atoms.